The summed E-state index contributed by atoms with van der Waals surface area (Å²) < 4.78 is 34.2. The van der Waals surface area contributed by atoms with Gasteiger partial charge in [-0.1, -0.05) is 13.0 Å². The van der Waals surface area contributed by atoms with Gasteiger partial charge < -0.3 is 19.7 Å². The van der Waals surface area contributed by atoms with Gasteiger partial charge in [-0.3, -0.25) is 9.59 Å². The van der Waals surface area contributed by atoms with Crippen LogP contribution in [0.25, 0.3) is 0 Å². The zero-order valence-electron chi connectivity index (χ0n) is 19.0. The number of carbonyl (C=O) groups is 2. The van der Waals surface area contributed by atoms with Crippen LogP contribution in [0.1, 0.15) is 35.7 Å². The zero-order valence-corrected chi connectivity index (χ0v) is 19.8. The number of hydrogen-bond acceptors (Lipinski definition) is 6. The number of anilines is 1. The number of rotatable bonds is 7. The number of aryl methyl sites for hydroxylation is 1. The first-order valence-electron chi connectivity index (χ1n) is 10.6. The van der Waals surface area contributed by atoms with Crippen molar-refractivity contribution in [3.63, 3.8) is 0 Å². The van der Waals surface area contributed by atoms with Gasteiger partial charge in [0, 0.05) is 36.3 Å². The largest absolute Gasteiger partial charge is 0.497 e. The molecule has 0 unspecified atom stereocenters. The molecule has 1 saturated heterocycles. The summed E-state index contributed by atoms with van der Waals surface area (Å²) in [6, 6.07) is 9.72. The van der Waals surface area contributed by atoms with Crippen molar-refractivity contribution in [2.75, 3.05) is 32.6 Å². The number of methoxy groups -OCH3 is 2. The van der Waals surface area contributed by atoms with Crippen LogP contribution in [0.5, 0.6) is 11.5 Å². The molecule has 1 fully saturated rings. The number of ether oxygens (including phenoxy) is 2. The summed E-state index contributed by atoms with van der Waals surface area (Å²) in [6.45, 7) is 2.68. The number of likely N-dealkylation sites (tertiary alicyclic amines) is 1. The molecule has 0 atom stereocenters. The van der Waals surface area contributed by atoms with Crippen LogP contribution in [0.2, 0.25) is 0 Å². The highest BCUT2D eigenvalue weighted by atomic mass is 32.2. The van der Waals surface area contributed by atoms with Crippen LogP contribution < -0.4 is 19.9 Å². The summed E-state index contributed by atoms with van der Waals surface area (Å²) in [4.78, 5) is 27.4. The third-order valence-electron chi connectivity index (χ3n) is 5.77. The van der Waals surface area contributed by atoms with Gasteiger partial charge in [0.2, 0.25) is 15.9 Å². The van der Waals surface area contributed by atoms with Gasteiger partial charge in [-0.2, -0.15) is 0 Å². The van der Waals surface area contributed by atoms with E-state index in [0.29, 0.717) is 60.7 Å². The number of nitrogens with zero attached hydrogens (tertiary/aromatic N) is 1. The second-order valence-electron chi connectivity index (χ2n) is 7.88. The summed E-state index contributed by atoms with van der Waals surface area (Å²) in [7, 11) is -0.850. The summed E-state index contributed by atoms with van der Waals surface area (Å²) in [5.41, 5.74) is 1.43. The molecule has 3 rings (SSSR count). The van der Waals surface area contributed by atoms with Crippen molar-refractivity contribution in [3.05, 3.63) is 47.5 Å². The van der Waals surface area contributed by atoms with E-state index >= 15 is 0 Å². The van der Waals surface area contributed by atoms with Crippen molar-refractivity contribution in [3.8, 4) is 11.5 Å². The average molecular weight is 476 g/mol. The van der Waals surface area contributed by atoms with Crippen molar-refractivity contribution in [2.24, 2.45) is 11.1 Å². The summed E-state index contributed by atoms with van der Waals surface area (Å²) in [5.74, 6) is 0.395. The lowest BCUT2D eigenvalue weighted by Gasteiger charge is -2.31. The lowest BCUT2D eigenvalue weighted by atomic mass is 9.95. The van der Waals surface area contributed by atoms with Gasteiger partial charge in [-0.15, -0.1) is 0 Å². The molecule has 0 saturated carbocycles. The SMILES string of the molecule is CCc1ccc(NC(=O)C2CCN(C(=O)c3cc(OC)cc(OC)c3)CC2)cc1S(N)(=O)=O. The van der Waals surface area contributed by atoms with E-state index in [2.05, 4.69) is 5.32 Å². The molecule has 2 amide bonds. The fourth-order valence-corrected chi connectivity index (χ4v) is 4.76. The Morgan fingerprint density at radius 2 is 1.67 bits per heavy atom. The Hall–Kier alpha value is -3.11. The first kappa shape index (κ1) is 24.5. The number of piperidine rings is 1. The van der Waals surface area contributed by atoms with Crippen LogP contribution in [0.3, 0.4) is 0 Å². The van der Waals surface area contributed by atoms with Gasteiger partial charge >= 0.3 is 0 Å². The van der Waals surface area contributed by atoms with Gasteiger partial charge in [0.1, 0.15) is 11.5 Å². The number of carbonyl (C=O) groups excluding carboxylic acids is 2. The molecule has 0 aliphatic carbocycles. The summed E-state index contributed by atoms with van der Waals surface area (Å²) in [6.07, 6.45) is 1.49. The van der Waals surface area contributed by atoms with E-state index < -0.39 is 10.0 Å². The maximum absolute atomic E-state index is 12.9. The normalized spacial score (nSPS) is 14.6. The third-order valence-corrected chi connectivity index (χ3v) is 6.77. The summed E-state index contributed by atoms with van der Waals surface area (Å²) in [5, 5.41) is 8.10. The number of amides is 2. The summed E-state index contributed by atoms with van der Waals surface area (Å²) >= 11 is 0. The highest BCUT2D eigenvalue weighted by Gasteiger charge is 2.28. The molecule has 0 bridgehead atoms. The van der Waals surface area contributed by atoms with Gasteiger partial charge in [0.25, 0.3) is 5.91 Å². The topological polar surface area (TPSA) is 128 Å². The molecule has 3 N–H and O–H groups in total. The van der Waals surface area contributed by atoms with Crippen LogP contribution in [-0.2, 0) is 21.2 Å². The van der Waals surface area contributed by atoms with E-state index in [-0.39, 0.29) is 22.6 Å². The van der Waals surface area contributed by atoms with Crippen LogP contribution >= 0.6 is 0 Å². The molecule has 1 heterocycles. The molecule has 9 nitrogen and oxygen atoms in total. The monoisotopic (exact) mass is 475 g/mol. The molecule has 0 radical (unpaired) electrons. The van der Waals surface area contributed by atoms with E-state index in [0.717, 1.165) is 0 Å². The minimum Gasteiger partial charge on any atom is -0.497 e. The zero-order chi connectivity index (χ0) is 24.2. The number of nitrogens with one attached hydrogen (secondary N) is 1. The molecule has 10 heteroatoms. The van der Waals surface area contributed by atoms with Gasteiger partial charge in [-0.25, -0.2) is 13.6 Å². The van der Waals surface area contributed by atoms with E-state index in [4.69, 9.17) is 14.6 Å². The molecule has 2 aromatic rings. The molecule has 2 aromatic carbocycles. The van der Waals surface area contributed by atoms with Crippen molar-refractivity contribution in [1.29, 1.82) is 0 Å². The standard InChI is InChI=1S/C23H29N3O6S/c1-4-15-5-6-18(13-21(15)33(24,29)30)25-22(27)16-7-9-26(10-8-16)23(28)17-11-19(31-2)14-20(12-17)32-3/h5-6,11-14,16H,4,7-10H2,1-3H3,(H,25,27)(H2,24,29,30). The maximum atomic E-state index is 12.9. The maximum Gasteiger partial charge on any atom is 0.254 e. The van der Waals surface area contributed by atoms with E-state index in [1.54, 1.807) is 35.2 Å². The van der Waals surface area contributed by atoms with Crippen LogP contribution in [0, 0.1) is 5.92 Å². The number of hydrogen-bond donors (Lipinski definition) is 2. The highest BCUT2D eigenvalue weighted by Crippen LogP contribution is 2.27. The molecular weight excluding hydrogens is 446 g/mol. The van der Waals surface area contributed by atoms with Crippen LogP contribution in [0.4, 0.5) is 5.69 Å². The van der Waals surface area contributed by atoms with Crippen molar-refractivity contribution in [1.82, 2.24) is 4.90 Å². The van der Waals surface area contributed by atoms with Gasteiger partial charge in [-0.05, 0) is 49.1 Å². The predicted molar refractivity (Wildman–Crippen MR) is 124 cm³/mol. The molecule has 1 aliphatic rings. The third kappa shape index (κ3) is 5.82. The smallest absolute Gasteiger partial charge is 0.254 e. The Balaban J connectivity index is 1.64. The molecule has 0 aromatic heterocycles. The number of primary sulfonamides is 1. The van der Waals surface area contributed by atoms with Crippen molar-refractivity contribution < 1.29 is 27.5 Å². The van der Waals surface area contributed by atoms with Crippen LogP contribution in [0.15, 0.2) is 41.3 Å². The Morgan fingerprint density at radius 3 is 2.18 bits per heavy atom. The molecular formula is C23H29N3O6S. The number of sulfonamides is 1. The quantitative estimate of drug-likeness (QED) is 0.633. The second-order valence-corrected chi connectivity index (χ2v) is 9.41. The van der Waals surface area contributed by atoms with E-state index in [1.807, 2.05) is 6.92 Å². The Morgan fingerprint density at radius 1 is 1.06 bits per heavy atom. The number of benzene rings is 2. The van der Waals surface area contributed by atoms with Crippen molar-refractivity contribution >= 4 is 27.5 Å². The van der Waals surface area contributed by atoms with E-state index in [9.17, 15) is 18.0 Å². The molecule has 33 heavy (non-hydrogen) atoms. The van der Waals surface area contributed by atoms with Gasteiger partial charge in [0.05, 0.1) is 19.1 Å². The lowest BCUT2D eigenvalue weighted by molar-refractivity contribution is -0.121. The second kappa shape index (κ2) is 10.2. The van der Waals surface area contributed by atoms with Crippen molar-refractivity contribution in [2.45, 2.75) is 31.1 Å². The number of nitrogens with two attached hydrogens (primary N) is 1. The average Bonchev–Trinajstić information content (AvgIpc) is 2.82. The highest BCUT2D eigenvalue weighted by molar-refractivity contribution is 7.89. The Labute approximate surface area is 193 Å². The minimum atomic E-state index is -3.90. The molecule has 0 spiro atoms. The molecule has 178 valence electrons. The Bertz CT molecular complexity index is 1120. The first-order valence-corrected chi connectivity index (χ1v) is 12.2. The van der Waals surface area contributed by atoms with Gasteiger partial charge in [0.15, 0.2) is 0 Å². The van der Waals surface area contributed by atoms with E-state index in [1.165, 1.54) is 20.3 Å². The fraction of sp³-hybridized carbons (Fsp3) is 0.391. The predicted octanol–water partition coefficient (Wildman–Crippen LogP) is 2.40. The fourth-order valence-electron chi connectivity index (χ4n) is 3.89. The lowest BCUT2D eigenvalue weighted by Crippen LogP contribution is -2.41. The first-order chi connectivity index (χ1) is 15.7. The molecule has 1 aliphatic heterocycles. The Kier molecular flexibility index (Phi) is 7.60. The minimum absolute atomic E-state index is 0.0110. The van der Waals surface area contributed by atoms with Crippen LogP contribution in [-0.4, -0.2) is 52.4 Å².